The van der Waals surface area contributed by atoms with Crippen molar-refractivity contribution >= 4 is 11.4 Å². The number of carbonyl (C=O) groups excluding carboxylic acids is 1. The number of nitrogens with zero attached hydrogens (tertiary/aromatic N) is 2. The monoisotopic (exact) mass is 204 g/mol. The number of rotatable bonds is 1. The molecule has 0 spiro atoms. The molecule has 0 amide bonds. The van der Waals surface area contributed by atoms with E-state index in [2.05, 4.69) is 4.98 Å². The average molecular weight is 204 g/mol. The van der Waals surface area contributed by atoms with Crippen LogP contribution in [0.25, 0.3) is 5.65 Å². The molecule has 0 saturated carbocycles. The molecule has 0 fully saturated rings. The van der Waals surface area contributed by atoms with Gasteiger partial charge < -0.3 is 5.11 Å². The van der Waals surface area contributed by atoms with E-state index in [9.17, 15) is 14.7 Å². The molecule has 15 heavy (non-hydrogen) atoms. The Hall–Kier alpha value is -2.17. The maximum atomic E-state index is 11.7. The molecule has 2 aromatic heterocycles. The first-order chi connectivity index (χ1) is 7.11. The van der Waals surface area contributed by atoms with E-state index >= 15 is 0 Å². The second-order valence-electron chi connectivity index (χ2n) is 3.10. The van der Waals surface area contributed by atoms with E-state index < -0.39 is 17.2 Å². The normalized spacial score (nSPS) is 10.5. The highest BCUT2D eigenvalue weighted by Gasteiger charge is 2.15. The summed E-state index contributed by atoms with van der Waals surface area (Å²) in [4.78, 5) is 26.6. The van der Waals surface area contributed by atoms with Crippen molar-refractivity contribution in [2.45, 2.75) is 6.92 Å². The van der Waals surface area contributed by atoms with Crippen molar-refractivity contribution in [1.82, 2.24) is 9.38 Å². The Bertz CT molecular complexity index is 601. The minimum atomic E-state index is -0.550. The van der Waals surface area contributed by atoms with E-state index in [1.807, 2.05) is 0 Å². The van der Waals surface area contributed by atoms with Crippen LogP contribution in [-0.4, -0.2) is 20.3 Å². The minimum absolute atomic E-state index is 0.279. The van der Waals surface area contributed by atoms with Gasteiger partial charge in [-0.2, -0.15) is 4.98 Å². The fraction of sp³-hybridized carbons (Fsp3) is 0.100. The van der Waals surface area contributed by atoms with Gasteiger partial charge in [0.25, 0.3) is 5.56 Å². The Morgan fingerprint density at radius 1 is 1.47 bits per heavy atom. The molecule has 5 heteroatoms. The smallest absolute Gasteiger partial charge is 0.272 e. The highest BCUT2D eigenvalue weighted by atomic mass is 16.3. The topological polar surface area (TPSA) is 71.7 Å². The third kappa shape index (κ3) is 1.38. The lowest BCUT2D eigenvalue weighted by molar-refractivity contribution is 0.101. The molecule has 76 valence electrons. The average Bonchev–Trinajstić information content (AvgIpc) is 2.17. The second kappa shape index (κ2) is 3.20. The van der Waals surface area contributed by atoms with Crippen LogP contribution in [-0.2, 0) is 0 Å². The van der Waals surface area contributed by atoms with E-state index in [0.717, 1.165) is 0 Å². The lowest BCUT2D eigenvalue weighted by Gasteiger charge is -2.03. The first-order valence-electron chi connectivity index (χ1n) is 4.32. The predicted molar refractivity (Wildman–Crippen MR) is 53.1 cm³/mol. The molecule has 2 heterocycles. The Morgan fingerprint density at radius 3 is 2.87 bits per heavy atom. The largest absolute Gasteiger partial charge is 0.493 e. The molecule has 1 N–H and O–H groups in total. The third-order valence-electron chi connectivity index (χ3n) is 2.07. The number of carbonyl (C=O) groups is 1. The number of aromatic nitrogens is 2. The Labute approximate surface area is 84.6 Å². The van der Waals surface area contributed by atoms with Gasteiger partial charge in [0.15, 0.2) is 5.78 Å². The molecule has 5 nitrogen and oxygen atoms in total. The van der Waals surface area contributed by atoms with Crippen molar-refractivity contribution in [3.63, 3.8) is 0 Å². The number of ketones is 1. The molecular formula is C10H8N2O3. The van der Waals surface area contributed by atoms with Crippen LogP contribution in [0.15, 0.2) is 29.2 Å². The number of fused-ring (bicyclic) bond motifs is 1. The second-order valence-corrected chi connectivity index (χ2v) is 3.10. The molecule has 0 aliphatic carbocycles. The zero-order valence-electron chi connectivity index (χ0n) is 7.97. The zero-order valence-corrected chi connectivity index (χ0v) is 7.97. The number of hydrogen-bond donors (Lipinski definition) is 1. The van der Waals surface area contributed by atoms with Crippen LogP contribution in [0.5, 0.6) is 5.88 Å². The number of pyridine rings is 1. The highest BCUT2D eigenvalue weighted by molar-refractivity contribution is 5.95. The molecule has 0 atom stereocenters. The highest BCUT2D eigenvalue weighted by Crippen LogP contribution is 2.10. The summed E-state index contributed by atoms with van der Waals surface area (Å²) in [5.74, 6) is -1.01. The molecule has 0 unspecified atom stereocenters. The molecule has 0 aromatic carbocycles. The third-order valence-corrected chi connectivity index (χ3v) is 2.07. The number of Topliss-reactive ketones (excluding diaryl/α,β-unsaturated/α-hetero) is 1. The van der Waals surface area contributed by atoms with E-state index in [-0.39, 0.29) is 5.56 Å². The first kappa shape index (κ1) is 9.39. The SMILES string of the molecule is CC(=O)c1c(O)nc2ccccn2c1=O. The van der Waals surface area contributed by atoms with Crippen LogP contribution >= 0.6 is 0 Å². The van der Waals surface area contributed by atoms with Gasteiger partial charge in [-0.25, -0.2) is 0 Å². The van der Waals surface area contributed by atoms with Crippen molar-refractivity contribution in [3.8, 4) is 5.88 Å². The Balaban J connectivity index is 2.97. The summed E-state index contributed by atoms with van der Waals surface area (Å²) >= 11 is 0. The maximum Gasteiger partial charge on any atom is 0.272 e. The van der Waals surface area contributed by atoms with E-state index in [1.165, 1.54) is 17.5 Å². The molecule has 0 radical (unpaired) electrons. The number of hydrogen-bond acceptors (Lipinski definition) is 4. The Kier molecular flexibility index (Phi) is 2.00. The summed E-state index contributed by atoms with van der Waals surface area (Å²) in [6, 6.07) is 4.91. The molecular weight excluding hydrogens is 196 g/mol. The molecule has 0 bridgehead atoms. The van der Waals surface area contributed by atoms with Crippen molar-refractivity contribution in [2.75, 3.05) is 0 Å². The lowest BCUT2D eigenvalue weighted by atomic mass is 10.2. The van der Waals surface area contributed by atoms with Gasteiger partial charge in [0.05, 0.1) is 0 Å². The van der Waals surface area contributed by atoms with Crippen LogP contribution in [0, 0.1) is 0 Å². The summed E-state index contributed by atoms with van der Waals surface area (Å²) in [5, 5.41) is 9.41. The maximum absolute atomic E-state index is 11.7. The van der Waals surface area contributed by atoms with Crippen molar-refractivity contribution in [1.29, 1.82) is 0 Å². The molecule has 0 aliphatic heterocycles. The van der Waals surface area contributed by atoms with Gasteiger partial charge in [0.2, 0.25) is 5.88 Å². The van der Waals surface area contributed by atoms with Crippen molar-refractivity contribution in [3.05, 3.63) is 40.3 Å². The lowest BCUT2D eigenvalue weighted by Crippen LogP contribution is -2.21. The van der Waals surface area contributed by atoms with Crippen LogP contribution in [0.2, 0.25) is 0 Å². The zero-order chi connectivity index (χ0) is 11.0. The summed E-state index contributed by atoms with van der Waals surface area (Å²) in [7, 11) is 0. The first-order valence-corrected chi connectivity index (χ1v) is 4.32. The van der Waals surface area contributed by atoms with Crippen LogP contribution in [0.1, 0.15) is 17.3 Å². The van der Waals surface area contributed by atoms with Gasteiger partial charge in [0, 0.05) is 6.20 Å². The van der Waals surface area contributed by atoms with Gasteiger partial charge in [-0.15, -0.1) is 0 Å². The molecule has 0 saturated heterocycles. The standard InChI is InChI=1S/C10H8N2O3/c1-6(13)8-9(14)11-7-4-2-3-5-12(7)10(8)15/h2-5,14H,1H3. The molecule has 0 aliphatic rings. The van der Waals surface area contributed by atoms with Gasteiger partial charge >= 0.3 is 0 Å². The fourth-order valence-electron chi connectivity index (χ4n) is 1.39. The predicted octanol–water partition coefficient (Wildman–Crippen LogP) is 0.603. The summed E-state index contributed by atoms with van der Waals surface area (Å²) < 4.78 is 1.22. The molecule has 2 aromatic rings. The van der Waals surface area contributed by atoms with Gasteiger partial charge in [0.1, 0.15) is 11.2 Å². The van der Waals surface area contributed by atoms with E-state index in [4.69, 9.17) is 0 Å². The number of aromatic hydroxyl groups is 1. The summed E-state index contributed by atoms with van der Waals surface area (Å²) in [6.07, 6.45) is 1.50. The molecule has 2 rings (SSSR count). The summed E-state index contributed by atoms with van der Waals surface area (Å²) in [5.41, 5.74) is -0.519. The van der Waals surface area contributed by atoms with E-state index in [0.29, 0.717) is 5.65 Å². The summed E-state index contributed by atoms with van der Waals surface area (Å²) in [6.45, 7) is 1.22. The van der Waals surface area contributed by atoms with Crippen LogP contribution < -0.4 is 5.56 Å². The quantitative estimate of drug-likeness (QED) is 0.690. The van der Waals surface area contributed by atoms with Crippen molar-refractivity contribution in [2.24, 2.45) is 0 Å². The van der Waals surface area contributed by atoms with Gasteiger partial charge in [-0.05, 0) is 19.1 Å². The van der Waals surface area contributed by atoms with E-state index in [1.54, 1.807) is 18.2 Å². The van der Waals surface area contributed by atoms with Crippen LogP contribution in [0.4, 0.5) is 0 Å². The van der Waals surface area contributed by atoms with Gasteiger partial charge in [-0.3, -0.25) is 14.0 Å². The minimum Gasteiger partial charge on any atom is -0.493 e. The fourth-order valence-corrected chi connectivity index (χ4v) is 1.39. The van der Waals surface area contributed by atoms with Gasteiger partial charge in [-0.1, -0.05) is 6.07 Å². The Morgan fingerprint density at radius 2 is 2.20 bits per heavy atom. The van der Waals surface area contributed by atoms with Crippen LogP contribution in [0.3, 0.4) is 0 Å². The van der Waals surface area contributed by atoms with Crippen molar-refractivity contribution < 1.29 is 9.90 Å².